The molecule has 1 N–H and O–H groups in total. The van der Waals surface area contributed by atoms with Crippen LogP contribution in [0.15, 0.2) is 18.2 Å². The number of carbonyl (C=O) groups is 3. The van der Waals surface area contributed by atoms with Crippen molar-refractivity contribution in [2.45, 2.75) is 43.2 Å². The van der Waals surface area contributed by atoms with Crippen molar-refractivity contribution in [1.82, 2.24) is 4.90 Å². The maximum Gasteiger partial charge on any atom is 0.417 e. The summed E-state index contributed by atoms with van der Waals surface area (Å²) in [7, 11) is 2.86. The smallest absolute Gasteiger partial charge is 0.377 e. The van der Waals surface area contributed by atoms with Gasteiger partial charge in [0.1, 0.15) is 5.60 Å². The molecule has 32 heavy (non-hydrogen) atoms. The van der Waals surface area contributed by atoms with Crippen molar-refractivity contribution in [3.63, 3.8) is 0 Å². The van der Waals surface area contributed by atoms with E-state index in [0.717, 1.165) is 17.0 Å². The summed E-state index contributed by atoms with van der Waals surface area (Å²) in [5, 5.41) is 20.3. The van der Waals surface area contributed by atoms with Crippen LogP contribution in [0.4, 0.5) is 18.9 Å². The summed E-state index contributed by atoms with van der Waals surface area (Å²) in [6, 6.07) is 4.02. The van der Waals surface area contributed by atoms with Gasteiger partial charge in [-0.2, -0.15) is 18.4 Å². The zero-order valence-electron chi connectivity index (χ0n) is 17.6. The number of rotatable bonds is 2. The van der Waals surface area contributed by atoms with Gasteiger partial charge >= 0.3 is 6.18 Å². The number of imide groups is 1. The topological polar surface area (TPSA) is 111 Å². The molecule has 3 aliphatic heterocycles. The molecule has 0 saturated carbocycles. The number of nitriles is 1. The van der Waals surface area contributed by atoms with Crippen molar-refractivity contribution in [1.29, 1.82) is 5.26 Å². The van der Waals surface area contributed by atoms with Gasteiger partial charge in [0.25, 0.3) is 5.91 Å². The van der Waals surface area contributed by atoms with Crippen molar-refractivity contribution in [2.24, 2.45) is 11.8 Å². The van der Waals surface area contributed by atoms with Crippen LogP contribution in [0.5, 0.6) is 0 Å². The molecular weight excluding hydrogens is 431 g/mol. The number of fused-ring (bicyclic) bond motifs is 5. The van der Waals surface area contributed by atoms with Crippen LogP contribution >= 0.6 is 0 Å². The number of anilines is 1. The third kappa shape index (κ3) is 2.53. The predicted molar refractivity (Wildman–Crippen MR) is 102 cm³/mol. The van der Waals surface area contributed by atoms with Gasteiger partial charge in [0.15, 0.2) is 5.60 Å². The number of benzene rings is 1. The summed E-state index contributed by atoms with van der Waals surface area (Å²) in [5.74, 6) is -4.69. The molecule has 8 nitrogen and oxygen atoms in total. The lowest BCUT2D eigenvalue weighted by Gasteiger charge is -2.42. The Kier molecular flexibility index (Phi) is 4.37. The van der Waals surface area contributed by atoms with Gasteiger partial charge in [0, 0.05) is 20.5 Å². The number of nitrogens with zero attached hydrogens (tertiary/aromatic N) is 3. The second kappa shape index (κ2) is 6.30. The van der Waals surface area contributed by atoms with Gasteiger partial charge in [-0.15, -0.1) is 0 Å². The lowest BCUT2D eigenvalue weighted by atomic mass is 9.61. The molecule has 3 saturated heterocycles. The first-order valence-electron chi connectivity index (χ1n) is 9.76. The molecule has 1 aromatic carbocycles. The van der Waals surface area contributed by atoms with E-state index < -0.39 is 63.7 Å². The highest BCUT2D eigenvalue weighted by Gasteiger charge is 2.82. The Labute approximate surface area is 181 Å². The summed E-state index contributed by atoms with van der Waals surface area (Å²) in [4.78, 5) is 41.2. The number of hydrogen-bond donors (Lipinski definition) is 1. The molecular formula is C21H20F3N3O5. The number of halogens is 3. The first-order valence-corrected chi connectivity index (χ1v) is 9.76. The van der Waals surface area contributed by atoms with Gasteiger partial charge in [-0.05, 0) is 32.0 Å². The van der Waals surface area contributed by atoms with E-state index in [1.54, 1.807) is 0 Å². The molecule has 1 aromatic rings. The predicted octanol–water partition coefficient (Wildman–Crippen LogP) is 1.45. The minimum absolute atomic E-state index is 0.247. The summed E-state index contributed by atoms with van der Waals surface area (Å²) < 4.78 is 46.2. The summed E-state index contributed by atoms with van der Waals surface area (Å²) in [6.07, 6.45) is -5.12. The van der Waals surface area contributed by atoms with Gasteiger partial charge in [-0.1, -0.05) is 0 Å². The number of hydrogen-bond acceptors (Lipinski definition) is 6. The number of carbonyl (C=O) groups excluding carboxylic acids is 3. The highest BCUT2D eigenvalue weighted by atomic mass is 19.4. The van der Waals surface area contributed by atoms with E-state index in [0.29, 0.717) is 11.0 Å². The lowest BCUT2D eigenvalue weighted by molar-refractivity contribution is -0.174. The quantitative estimate of drug-likeness (QED) is 0.682. The fourth-order valence-electron chi connectivity index (χ4n) is 5.54. The zero-order valence-corrected chi connectivity index (χ0v) is 17.6. The number of alkyl halides is 3. The van der Waals surface area contributed by atoms with E-state index >= 15 is 0 Å². The van der Waals surface area contributed by atoms with E-state index in [2.05, 4.69) is 0 Å². The first kappa shape index (κ1) is 22.2. The van der Waals surface area contributed by atoms with Crippen LogP contribution in [0.2, 0.25) is 0 Å². The summed E-state index contributed by atoms with van der Waals surface area (Å²) in [5.41, 5.74) is -7.48. The average molecular weight is 451 g/mol. The largest absolute Gasteiger partial charge is 0.417 e. The van der Waals surface area contributed by atoms with Crippen molar-refractivity contribution in [3.8, 4) is 6.07 Å². The Bertz CT molecular complexity index is 1110. The summed E-state index contributed by atoms with van der Waals surface area (Å²) in [6.45, 7) is 2.88. The highest BCUT2D eigenvalue weighted by molar-refractivity contribution is 6.23. The molecule has 3 amide bonds. The van der Waals surface area contributed by atoms with E-state index in [4.69, 9.17) is 10.00 Å². The Hall–Kier alpha value is -2.97. The number of ether oxygens (including phenoxy) is 1. The Balaban J connectivity index is 1.82. The van der Waals surface area contributed by atoms with Gasteiger partial charge in [0.2, 0.25) is 11.8 Å². The van der Waals surface area contributed by atoms with Crippen LogP contribution in [0.1, 0.15) is 31.4 Å². The number of aliphatic hydroxyl groups is 1. The first-order chi connectivity index (χ1) is 14.6. The summed E-state index contributed by atoms with van der Waals surface area (Å²) >= 11 is 0. The van der Waals surface area contributed by atoms with E-state index in [1.807, 2.05) is 0 Å². The molecule has 4 rings (SSSR count). The average Bonchev–Trinajstić information content (AvgIpc) is 3.19. The molecule has 3 heterocycles. The monoisotopic (exact) mass is 451 g/mol. The molecule has 5 unspecified atom stereocenters. The van der Waals surface area contributed by atoms with Gasteiger partial charge in [-0.3, -0.25) is 14.4 Å². The van der Waals surface area contributed by atoms with Crippen molar-refractivity contribution in [2.75, 3.05) is 19.0 Å². The van der Waals surface area contributed by atoms with E-state index in [-0.39, 0.29) is 12.1 Å². The standard InChI is InChI=1S/C21H20F3N3O5/c1-18-9-20(31,17(30)26(3)4)19(2,32-18)14-13(18)15(28)27(16(14)29)11-6-5-10(8-25)12(7-11)21(22,23)24/h5-7,13-14,31H,9H2,1-4H3. The van der Waals surface area contributed by atoms with Crippen molar-refractivity contribution < 1.29 is 37.4 Å². The van der Waals surface area contributed by atoms with Gasteiger partial charge < -0.3 is 14.7 Å². The van der Waals surface area contributed by atoms with Crippen LogP contribution in [0.25, 0.3) is 0 Å². The van der Waals surface area contributed by atoms with Crippen LogP contribution in [-0.4, -0.2) is 58.6 Å². The molecule has 11 heteroatoms. The molecule has 0 aromatic heterocycles. The third-order valence-electron chi connectivity index (χ3n) is 6.88. The van der Waals surface area contributed by atoms with Crippen LogP contribution in [0, 0.1) is 23.2 Å². The SMILES string of the molecule is CN(C)C(=O)C1(O)CC2(C)OC1(C)C1C(=O)N(c3ccc(C#N)c(C(F)(F)F)c3)C(=O)C12. The van der Waals surface area contributed by atoms with Gasteiger partial charge in [0.05, 0.1) is 40.3 Å². The fourth-order valence-corrected chi connectivity index (χ4v) is 5.54. The lowest BCUT2D eigenvalue weighted by Crippen LogP contribution is -2.64. The van der Waals surface area contributed by atoms with Crippen LogP contribution in [-0.2, 0) is 25.3 Å². The van der Waals surface area contributed by atoms with E-state index in [1.165, 1.54) is 34.0 Å². The number of amides is 3. The van der Waals surface area contributed by atoms with Crippen molar-refractivity contribution >= 4 is 23.4 Å². The Morgan fingerprint density at radius 3 is 2.38 bits per heavy atom. The van der Waals surface area contributed by atoms with Gasteiger partial charge in [-0.25, -0.2) is 4.90 Å². The number of likely N-dealkylation sites (N-methyl/N-ethyl adjacent to an activating group) is 1. The zero-order chi connectivity index (χ0) is 24.0. The molecule has 3 aliphatic rings. The van der Waals surface area contributed by atoms with Crippen molar-refractivity contribution in [3.05, 3.63) is 29.3 Å². The van der Waals surface area contributed by atoms with E-state index in [9.17, 15) is 32.7 Å². The normalized spacial score (nSPS) is 35.8. The van der Waals surface area contributed by atoms with Crippen LogP contribution in [0.3, 0.4) is 0 Å². The molecule has 3 fully saturated rings. The molecule has 0 aliphatic carbocycles. The maximum absolute atomic E-state index is 13.4. The minimum atomic E-state index is -4.87. The second-order valence-electron chi connectivity index (χ2n) is 9.07. The Morgan fingerprint density at radius 2 is 1.84 bits per heavy atom. The fraction of sp³-hybridized carbons (Fsp3) is 0.524. The second-order valence-corrected chi connectivity index (χ2v) is 9.07. The van der Waals surface area contributed by atoms with Crippen LogP contribution < -0.4 is 4.90 Å². The molecule has 0 spiro atoms. The molecule has 2 bridgehead atoms. The molecule has 0 radical (unpaired) electrons. The highest BCUT2D eigenvalue weighted by Crippen LogP contribution is 2.65. The minimum Gasteiger partial charge on any atom is -0.377 e. The molecule has 170 valence electrons. The third-order valence-corrected chi connectivity index (χ3v) is 6.88. The Morgan fingerprint density at radius 1 is 1.25 bits per heavy atom. The maximum atomic E-state index is 13.4. The molecule has 5 atom stereocenters.